The molecule has 1 unspecified atom stereocenters. The van der Waals surface area contributed by atoms with Crippen LogP contribution in [0.1, 0.15) is 26.2 Å². The van der Waals surface area contributed by atoms with Gasteiger partial charge in [0.05, 0.1) is 19.3 Å². The van der Waals surface area contributed by atoms with E-state index in [-0.39, 0.29) is 6.04 Å². The Labute approximate surface area is 97.5 Å². The number of hydrogen-bond acceptors (Lipinski definition) is 3. The number of morpholine rings is 1. The Morgan fingerprint density at radius 1 is 1.25 bits per heavy atom. The molecule has 4 nitrogen and oxygen atoms in total. The molecule has 2 aliphatic heterocycles. The van der Waals surface area contributed by atoms with E-state index in [1.165, 1.54) is 12.8 Å². The van der Waals surface area contributed by atoms with Crippen LogP contribution < -0.4 is 0 Å². The number of hydrogen-bond donors (Lipinski definition) is 0. The van der Waals surface area contributed by atoms with Gasteiger partial charge >= 0.3 is 0 Å². The fraction of sp³-hybridized carbons (Fsp3) is 0.917. The quantitative estimate of drug-likeness (QED) is 0.695. The van der Waals surface area contributed by atoms with Gasteiger partial charge in [-0.15, -0.1) is 0 Å². The van der Waals surface area contributed by atoms with E-state index in [4.69, 9.17) is 4.74 Å². The van der Waals surface area contributed by atoms with Crippen molar-refractivity contribution in [2.45, 2.75) is 32.2 Å². The smallest absolute Gasteiger partial charge is 0.240 e. The van der Waals surface area contributed by atoms with Crippen molar-refractivity contribution in [1.29, 1.82) is 0 Å². The molecule has 2 aliphatic rings. The molecule has 0 saturated carbocycles. The Morgan fingerprint density at radius 2 is 2.00 bits per heavy atom. The Kier molecular flexibility index (Phi) is 4.18. The maximum absolute atomic E-state index is 12.4. The third-order valence-corrected chi connectivity index (χ3v) is 3.63. The average molecular weight is 226 g/mol. The number of nitrogens with zero attached hydrogens (tertiary/aromatic N) is 2. The summed E-state index contributed by atoms with van der Waals surface area (Å²) in [5, 5.41) is 0. The van der Waals surface area contributed by atoms with Gasteiger partial charge < -0.3 is 9.64 Å². The van der Waals surface area contributed by atoms with Gasteiger partial charge in [0.15, 0.2) is 0 Å². The van der Waals surface area contributed by atoms with Gasteiger partial charge in [-0.3, -0.25) is 9.69 Å². The molecule has 0 aromatic heterocycles. The molecule has 92 valence electrons. The van der Waals surface area contributed by atoms with Crippen LogP contribution in [0.3, 0.4) is 0 Å². The van der Waals surface area contributed by atoms with Crippen molar-refractivity contribution >= 4 is 5.91 Å². The van der Waals surface area contributed by atoms with Crippen LogP contribution in [-0.2, 0) is 9.53 Å². The fourth-order valence-corrected chi connectivity index (χ4v) is 2.64. The zero-order valence-electron chi connectivity index (χ0n) is 10.2. The molecule has 16 heavy (non-hydrogen) atoms. The van der Waals surface area contributed by atoms with Crippen LogP contribution in [0.15, 0.2) is 0 Å². The number of carbonyl (C=O) groups is 1. The average Bonchev–Trinajstić information content (AvgIpc) is 2.39. The van der Waals surface area contributed by atoms with Crippen LogP contribution in [0.4, 0.5) is 0 Å². The molecule has 4 heteroatoms. The normalized spacial score (nSPS) is 28.1. The van der Waals surface area contributed by atoms with Crippen molar-refractivity contribution in [3.63, 3.8) is 0 Å². The molecule has 1 amide bonds. The van der Waals surface area contributed by atoms with Crippen LogP contribution in [0.2, 0.25) is 0 Å². The van der Waals surface area contributed by atoms with E-state index in [1.807, 2.05) is 4.90 Å². The Bertz CT molecular complexity index is 239. The first kappa shape index (κ1) is 11.9. The Hall–Kier alpha value is -0.610. The highest BCUT2D eigenvalue weighted by atomic mass is 16.5. The maximum atomic E-state index is 12.4. The van der Waals surface area contributed by atoms with Crippen molar-refractivity contribution in [2.24, 2.45) is 0 Å². The predicted molar refractivity (Wildman–Crippen MR) is 62.3 cm³/mol. The zero-order chi connectivity index (χ0) is 11.4. The van der Waals surface area contributed by atoms with E-state index < -0.39 is 0 Å². The minimum absolute atomic E-state index is 0.136. The van der Waals surface area contributed by atoms with Crippen LogP contribution in [0.25, 0.3) is 0 Å². The molecule has 0 radical (unpaired) electrons. The summed E-state index contributed by atoms with van der Waals surface area (Å²) in [6, 6.07) is 0.136. The molecule has 2 fully saturated rings. The second-order valence-corrected chi connectivity index (χ2v) is 4.58. The maximum Gasteiger partial charge on any atom is 0.240 e. The van der Waals surface area contributed by atoms with E-state index in [9.17, 15) is 4.79 Å². The van der Waals surface area contributed by atoms with Gasteiger partial charge in [-0.2, -0.15) is 0 Å². The minimum atomic E-state index is 0.136. The highest BCUT2D eigenvalue weighted by Crippen LogP contribution is 2.19. The first-order chi connectivity index (χ1) is 7.83. The zero-order valence-corrected chi connectivity index (χ0v) is 10.2. The van der Waals surface area contributed by atoms with E-state index in [0.717, 1.165) is 32.6 Å². The third kappa shape index (κ3) is 2.55. The molecule has 2 heterocycles. The van der Waals surface area contributed by atoms with Crippen molar-refractivity contribution in [3.05, 3.63) is 0 Å². The standard InChI is InChI=1S/C12H22N2O2/c1-2-13-6-4-3-5-11(13)12(15)14-7-9-16-10-8-14/h11H,2-10H2,1H3. The van der Waals surface area contributed by atoms with Crippen molar-refractivity contribution < 1.29 is 9.53 Å². The molecule has 0 aliphatic carbocycles. The van der Waals surface area contributed by atoms with Crippen LogP contribution in [0, 0.1) is 0 Å². The lowest BCUT2D eigenvalue weighted by Crippen LogP contribution is -2.53. The fourth-order valence-electron chi connectivity index (χ4n) is 2.64. The van der Waals surface area contributed by atoms with Crippen LogP contribution in [-0.4, -0.2) is 61.1 Å². The van der Waals surface area contributed by atoms with Crippen molar-refractivity contribution in [1.82, 2.24) is 9.80 Å². The number of ether oxygens (including phenoxy) is 1. The molecule has 0 spiro atoms. The largest absolute Gasteiger partial charge is 0.378 e. The summed E-state index contributed by atoms with van der Waals surface area (Å²) in [6.45, 7) is 7.15. The van der Waals surface area contributed by atoms with E-state index in [0.29, 0.717) is 19.1 Å². The Balaban J connectivity index is 1.95. The number of likely N-dealkylation sites (N-methyl/N-ethyl adjacent to an activating group) is 1. The molecule has 0 aromatic carbocycles. The number of carbonyl (C=O) groups excluding carboxylic acids is 1. The summed E-state index contributed by atoms with van der Waals surface area (Å²) in [6.07, 6.45) is 3.46. The Morgan fingerprint density at radius 3 is 2.69 bits per heavy atom. The number of piperidine rings is 1. The molecule has 1 atom stereocenters. The summed E-state index contributed by atoms with van der Waals surface area (Å²) in [4.78, 5) is 16.6. The van der Waals surface area contributed by atoms with Gasteiger partial charge in [0, 0.05) is 13.1 Å². The lowest BCUT2D eigenvalue weighted by Gasteiger charge is -2.38. The summed E-state index contributed by atoms with van der Waals surface area (Å²) >= 11 is 0. The van der Waals surface area contributed by atoms with Gasteiger partial charge in [0.25, 0.3) is 0 Å². The monoisotopic (exact) mass is 226 g/mol. The van der Waals surface area contributed by atoms with Gasteiger partial charge in [0.2, 0.25) is 5.91 Å². The summed E-state index contributed by atoms with van der Waals surface area (Å²) < 4.78 is 5.28. The number of likely N-dealkylation sites (tertiary alicyclic amines) is 1. The predicted octanol–water partition coefficient (Wildman–Crippen LogP) is 0.720. The van der Waals surface area contributed by atoms with Crippen LogP contribution in [0.5, 0.6) is 0 Å². The minimum Gasteiger partial charge on any atom is -0.378 e. The van der Waals surface area contributed by atoms with E-state index >= 15 is 0 Å². The third-order valence-electron chi connectivity index (χ3n) is 3.63. The van der Waals surface area contributed by atoms with E-state index in [2.05, 4.69) is 11.8 Å². The van der Waals surface area contributed by atoms with Crippen LogP contribution >= 0.6 is 0 Å². The summed E-state index contributed by atoms with van der Waals surface area (Å²) in [5.41, 5.74) is 0. The van der Waals surface area contributed by atoms with Crippen molar-refractivity contribution in [2.75, 3.05) is 39.4 Å². The highest BCUT2D eigenvalue weighted by molar-refractivity contribution is 5.82. The summed E-state index contributed by atoms with van der Waals surface area (Å²) in [5.74, 6) is 0.324. The molecule has 2 rings (SSSR count). The molecule has 0 aromatic rings. The molecule has 2 saturated heterocycles. The molecule has 0 bridgehead atoms. The van der Waals surface area contributed by atoms with Crippen molar-refractivity contribution in [3.8, 4) is 0 Å². The number of amides is 1. The molecular weight excluding hydrogens is 204 g/mol. The van der Waals surface area contributed by atoms with Gasteiger partial charge in [-0.1, -0.05) is 13.3 Å². The first-order valence-corrected chi connectivity index (χ1v) is 6.43. The lowest BCUT2D eigenvalue weighted by atomic mass is 10.0. The van der Waals surface area contributed by atoms with Gasteiger partial charge in [0.1, 0.15) is 0 Å². The second-order valence-electron chi connectivity index (χ2n) is 4.58. The number of rotatable bonds is 2. The SMILES string of the molecule is CCN1CCCCC1C(=O)N1CCOCC1. The second kappa shape index (κ2) is 5.64. The molecular formula is C12H22N2O2. The highest BCUT2D eigenvalue weighted by Gasteiger charge is 2.31. The summed E-state index contributed by atoms with van der Waals surface area (Å²) in [7, 11) is 0. The topological polar surface area (TPSA) is 32.8 Å². The lowest BCUT2D eigenvalue weighted by molar-refractivity contribution is -0.142. The first-order valence-electron chi connectivity index (χ1n) is 6.43. The van der Waals surface area contributed by atoms with Gasteiger partial charge in [-0.25, -0.2) is 0 Å². The van der Waals surface area contributed by atoms with Gasteiger partial charge in [-0.05, 0) is 25.9 Å². The van der Waals surface area contributed by atoms with E-state index in [1.54, 1.807) is 0 Å². The molecule has 0 N–H and O–H groups in total.